The molecule has 3 rings (SSSR count). The van der Waals surface area contributed by atoms with Crippen molar-refractivity contribution in [2.75, 3.05) is 39.4 Å². The van der Waals surface area contributed by atoms with Crippen molar-refractivity contribution in [1.29, 1.82) is 0 Å². The van der Waals surface area contributed by atoms with Crippen LogP contribution in [0, 0.1) is 6.92 Å². The molecular weight excluding hydrogens is 330 g/mol. The lowest BCUT2D eigenvalue weighted by Gasteiger charge is -2.43. The molecule has 130 valence electrons. The molecule has 1 aromatic rings. The topological polar surface area (TPSA) is 75.9 Å². The number of nitrogens with two attached hydrogens (primary N) is 1. The zero-order chi connectivity index (χ0) is 17.3. The number of halogens is 1. The summed E-state index contributed by atoms with van der Waals surface area (Å²) in [6.45, 7) is 5.13. The summed E-state index contributed by atoms with van der Waals surface area (Å²) >= 11 is 5.96. The molecule has 0 spiro atoms. The molecule has 1 unspecified atom stereocenters. The van der Waals surface area contributed by atoms with Gasteiger partial charge in [-0.1, -0.05) is 11.6 Å². The third-order valence-electron chi connectivity index (χ3n) is 5.05. The van der Waals surface area contributed by atoms with E-state index in [0.29, 0.717) is 56.4 Å². The second kappa shape index (κ2) is 6.70. The molecule has 2 aliphatic heterocycles. The fraction of sp³-hybridized carbons (Fsp3) is 0.529. The van der Waals surface area contributed by atoms with Crippen LogP contribution in [0.1, 0.15) is 22.3 Å². The normalized spacial score (nSPS) is 25.0. The smallest absolute Gasteiger partial charge is 0.254 e. The highest BCUT2D eigenvalue weighted by Gasteiger charge is 2.47. The lowest BCUT2D eigenvalue weighted by atomic mass is 9.94. The average molecular weight is 352 g/mol. The quantitative estimate of drug-likeness (QED) is 0.883. The van der Waals surface area contributed by atoms with Crippen molar-refractivity contribution in [2.45, 2.75) is 18.9 Å². The number of primary amides is 1. The highest BCUT2D eigenvalue weighted by atomic mass is 35.5. The number of nitrogens with zero attached hydrogens (tertiary/aromatic N) is 2. The number of rotatable bonds is 3. The average Bonchev–Trinajstić information content (AvgIpc) is 3.05. The Balaban J connectivity index is 1.68. The van der Waals surface area contributed by atoms with Crippen molar-refractivity contribution in [3.63, 3.8) is 0 Å². The lowest BCUT2D eigenvalue weighted by molar-refractivity contribution is -0.131. The van der Waals surface area contributed by atoms with Crippen LogP contribution in [0.5, 0.6) is 0 Å². The number of hydrogen-bond acceptors (Lipinski definition) is 4. The number of ether oxygens (including phenoxy) is 1. The Morgan fingerprint density at radius 1 is 1.25 bits per heavy atom. The summed E-state index contributed by atoms with van der Waals surface area (Å²) in [5.74, 6) is -0.340. The van der Waals surface area contributed by atoms with E-state index in [4.69, 9.17) is 22.1 Å². The van der Waals surface area contributed by atoms with Gasteiger partial charge < -0.3 is 15.4 Å². The molecular formula is C17H22ClN3O3. The summed E-state index contributed by atoms with van der Waals surface area (Å²) < 4.78 is 5.41. The van der Waals surface area contributed by atoms with Crippen LogP contribution in [-0.4, -0.2) is 66.5 Å². The molecule has 2 saturated heterocycles. The second-order valence-electron chi connectivity index (χ2n) is 6.44. The van der Waals surface area contributed by atoms with Crippen LogP contribution >= 0.6 is 11.6 Å². The summed E-state index contributed by atoms with van der Waals surface area (Å²) in [5, 5.41) is 0.624. The molecule has 2 fully saturated rings. The fourth-order valence-corrected chi connectivity index (χ4v) is 3.76. The SMILES string of the molecule is Cc1cc(Cl)ccc1C(=O)N1CCN(C2(C(N)=O)CCOC2)CC1. The lowest BCUT2D eigenvalue weighted by Crippen LogP contribution is -2.63. The minimum Gasteiger partial charge on any atom is -0.379 e. The first-order valence-corrected chi connectivity index (χ1v) is 8.50. The van der Waals surface area contributed by atoms with E-state index in [1.165, 1.54) is 0 Å². The number of piperazine rings is 1. The van der Waals surface area contributed by atoms with E-state index >= 15 is 0 Å². The van der Waals surface area contributed by atoms with Crippen molar-refractivity contribution < 1.29 is 14.3 Å². The van der Waals surface area contributed by atoms with E-state index in [1.807, 2.05) is 11.8 Å². The molecule has 7 heteroatoms. The van der Waals surface area contributed by atoms with Gasteiger partial charge in [0, 0.05) is 49.8 Å². The number of aryl methyl sites for hydroxylation is 1. The first-order valence-electron chi connectivity index (χ1n) is 8.12. The predicted octanol–water partition coefficient (Wildman–Crippen LogP) is 1.05. The zero-order valence-corrected chi connectivity index (χ0v) is 14.5. The molecule has 1 aromatic carbocycles. The van der Waals surface area contributed by atoms with Crippen LogP contribution in [-0.2, 0) is 9.53 Å². The van der Waals surface area contributed by atoms with Crippen molar-refractivity contribution in [1.82, 2.24) is 9.80 Å². The Hall–Kier alpha value is -1.63. The maximum atomic E-state index is 12.7. The largest absolute Gasteiger partial charge is 0.379 e. The minimum atomic E-state index is -0.717. The molecule has 2 aliphatic rings. The van der Waals surface area contributed by atoms with Gasteiger partial charge in [-0.25, -0.2) is 0 Å². The first-order chi connectivity index (χ1) is 11.4. The Labute approximate surface area is 146 Å². The molecule has 2 amide bonds. The summed E-state index contributed by atoms with van der Waals surface area (Å²) in [6, 6.07) is 5.29. The van der Waals surface area contributed by atoms with Crippen LogP contribution in [0.15, 0.2) is 18.2 Å². The van der Waals surface area contributed by atoms with E-state index in [-0.39, 0.29) is 11.8 Å². The first kappa shape index (κ1) is 17.2. The van der Waals surface area contributed by atoms with E-state index < -0.39 is 5.54 Å². The Morgan fingerprint density at radius 3 is 2.50 bits per heavy atom. The van der Waals surface area contributed by atoms with Crippen LogP contribution < -0.4 is 5.73 Å². The maximum absolute atomic E-state index is 12.7. The van der Waals surface area contributed by atoms with Gasteiger partial charge >= 0.3 is 0 Å². The summed E-state index contributed by atoms with van der Waals surface area (Å²) in [7, 11) is 0. The van der Waals surface area contributed by atoms with Crippen LogP contribution in [0.4, 0.5) is 0 Å². The van der Waals surface area contributed by atoms with Gasteiger partial charge in [-0.3, -0.25) is 14.5 Å². The number of amides is 2. The second-order valence-corrected chi connectivity index (χ2v) is 6.87. The minimum absolute atomic E-state index is 0.000358. The molecule has 0 aromatic heterocycles. The molecule has 2 heterocycles. The maximum Gasteiger partial charge on any atom is 0.254 e. The number of hydrogen-bond donors (Lipinski definition) is 1. The summed E-state index contributed by atoms with van der Waals surface area (Å²) in [4.78, 5) is 28.6. The van der Waals surface area contributed by atoms with Crippen LogP contribution in [0.25, 0.3) is 0 Å². The van der Waals surface area contributed by atoms with E-state index in [2.05, 4.69) is 4.90 Å². The molecule has 2 N–H and O–H groups in total. The monoisotopic (exact) mass is 351 g/mol. The summed E-state index contributed by atoms with van der Waals surface area (Å²) in [5.41, 5.74) is 6.45. The standard InChI is InChI=1S/C17H22ClN3O3/c1-12-10-13(18)2-3-14(12)15(22)20-5-7-21(8-6-20)17(16(19)23)4-9-24-11-17/h2-3,10H,4-9,11H2,1H3,(H2,19,23). The van der Waals surface area contributed by atoms with Crippen molar-refractivity contribution in [3.05, 3.63) is 34.3 Å². The van der Waals surface area contributed by atoms with Gasteiger partial charge in [0.05, 0.1) is 6.61 Å². The number of benzene rings is 1. The van der Waals surface area contributed by atoms with Crippen LogP contribution in [0.2, 0.25) is 5.02 Å². The molecule has 0 saturated carbocycles. The van der Waals surface area contributed by atoms with Crippen molar-refractivity contribution >= 4 is 23.4 Å². The van der Waals surface area contributed by atoms with Gasteiger partial charge in [-0.2, -0.15) is 0 Å². The third-order valence-corrected chi connectivity index (χ3v) is 5.29. The van der Waals surface area contributed by atoms with E-state index in [9.17, 15) is 9.59 Å². The Kier molecular flexibility index (Phi) is 4.80. The molecule has 0 radical (unpaired) electrons. The zero-order valence-electron chi connectivity index (χ0n) is 13.8. The van der Waals surface area contributed by atoms with Gasteiger partial charge in [0.1, 0.15) is 5.54 Å². The Morgan fingerprint density at radius 2 is 1.96 bits per heavy atom. The van der Waals surface area contributed by atoms with Gasteiger partial charge in [0.25, 0.3) is 5.91 Å². The Bertz CT molecular complexity index is 650. The van der Waals surface area contributed by atoms with Gasteiger partial charge in [-0.05, 0) is 30.7 Å². The molecule has 6 nitrogen and oxygen atoms in total. The summed E-state index contributed by atoms with van der Waals surface area (Å²) in [6.07, 6.45) is 0.618. The van der Waals surface area contributed by atoms with Crippen molar-refractivity contribution in [2.24, 2.45) is 5.73 Å². The van der Waals surface area contributed by atoms with Gasteiger partial charge in [0.2, 0.25) is 5.91 Å². The molecule has 0 bridgehead atoms. The predicted molar refractivity (Wildman–Crippen MR) is 91.0 cm³/mol. The van der Waals surface area contributed by atoms with Crippen LogP contribution in [0.3, 0.4) is 0 Å². The molecule has 24 heavy (non-hydrogen) atoms. The number of carbonyl (C=O) groups is 2. The van der Waals surface area contributed by atoms with Gasteiger partial charge in [0.15, 0.2) is 0 Å². The fourth-order valence-electron chi connectivity index (χ4n) is 3.53. The van der Waals surface area contributed by atoms with Gasteiger partial charge in [-0.15, -0.1) is 0 Å². The van der Waals surface area contributed by atoms with Crippen molar-refractivity contribution in [3.8, 4) is 0 Å². The highest BCUT2D eigenvalue weighted by molar-refractivity contribution is 6.30. The molecule has 1 atom stereocenters. The van der Waals surface area contributed by atoms with E-state index in [0.717, 1.165) is 5.56 Å². The van der Waals surface area contributed by atoms with E-state index in [1.54, 1.807) is 18.2 Å². The number of carbonyl (C=O) groups excluding carboxylic acids is 2. The molecule has 0 aliphatic carbocycles. The third kappa shape index (κ3) is 3.01. The highest BCUT2D eigenvalue weighted by Crippen LogP contribution is 2.28.